The Morgan fingerprint density at radius 2 is 1.57 bits per heavy atom. The Bertz CT molecular complexity index is 1770. The predicted molar refractivity (Wildman–Crippen MR) is 232 cm³/mol. The van der Waals surface area contributed by atoms with E-state index in [2.05, 4.69) is 85.8 Å². The standard InChI is InChI=1S/C50H74N4O4/c1-46(2)41-18-23-49(5)42(47(41,3)22-19-43(46)55)17-16-39-40-11-7-21-50(40,25-24-48(39,49)4)45(57)52-27-20-35-9-6-10-37(33-35)44(56)53-34-36-12-14-38(15-13-36)51-26-8-28-54-29-31-58-32-30-54/h6,9-10,12-15,33,39-43,51,55H,7-8,11,16-32,34H2,1-5H3,(H,52,57)(H,53,56)/t39?,40?,41?,42?,43?,47?,48-,49?,50?/m1/s1. The molecule has 8 rings (SSSR count). The molecule has 4 N–H and O–H groups in total. The molecule has 9 atom stereocenters. The number of rotatable bonds is 12. The predicted octanol–water partition coefficient (Wildman–Crippen LogP) is 8.63. The van der Waals surface area contributed by atoms with Crippen molar-refractivity contribution in [2.75, 3.05) is 51.3 Å². The molecule has 0 aromatic heterocycles. The van der Waals surface area contributed by atoms with Crippen molar-refractivity contribution in [1.82, 2.24) is 15.5 Å². The summed E-state index contributed by atoms with van der Waals surface area (Å²) >= 11 is 0. The molecule has 0 spiro atoms. The van der Waals surface area contributed by atoms with E-state index in [1.807, 2.05) is 18.2 Å². The summed E-state index contributed by atoms with van der Waals surface area (Å²) < 4.78 is 5.44. The summed E-state index contributed by atoms with van der Waals surface area (Å²) in [5.41, 5.74) is 4.41. The molecule has 5 aliphatic carbocycles. The molecule has 1 aliphatic heterocycles. The molecule has 2 aromatic rings. The van der Waals surface area contributed by atoms with E-state index in [1.165, 1.54) is 32.1 Å². The monoisotopic (exact) mass is 795 g/mol. The molecule has 8 unspecified atom stereocenters. The third-order valence-corrected chi connectivity index (χ3v) is 18.2. The largest absolute Gasteiger partial charge is 0.393 e. The minimum Gasteiger partial charge on any atom is -0.393 e. The third-order valence-electron chi connectivity index (χ3n) is 18.2. The SMILES string of the molecule is CC1(C)C(O)CCC2(C)C1CCC1(C)C2CCC2C3CCCC3(C(=O)NCCc3cccc(C(=O)NCc4ccc(NCCCN5CCOCC5)cc4)c3)CC[C@]21C. The zero-order chi connectivity index (χ0) is 40.8. The van der Waals surface area contributed by atoms with Crippen LogP contribution in [0.5, 0.6) is 0 Å². The van der Waals surface area contributed by atoms with E-state index in [0.29, 0.717) is 48.7 Å². The molecular weight excluding hydrogens is 721 g/mol. The first-order chi connectivity index (χ1) is 27.8. The van der Waals surface area contributed by atoms with Gasteiger partial charge in [0.05, 0.1) is 24.7 Å². The third kappa shape index (κ3) is 7.44. The maximum Gasteiger partial charge on any atom is 0.251 e. The van der Waals surface area contributed by atoms with E-state index in [-0.39, 0.29) is 45.0 Å². The van der Waals surface area contributed by atoms with E-state index in [1.54, 1.807) is 0 Å². The highest BCUT2D eigenvalue weighted by molar-refractivity contribution is 5.94. The molecule has 58 heavy (non-hydrogen) atoms. The number of hydrogen-bond donors (Lipinski definition) is 4. The lowest BCUT2D eigenvalue weighted by Crippen LogP contribution is -2.67. The fourth-order valence-corrected chi connectivity index (χ4v) is 14.7. The van der Waals surface area contributed by atoms with E-state index in [0.717, 1.165) is 101 Å². The first-order valence-corrected chi connectivity index (χ1v) is 23.3. The van der Waals surface area contributed by atoms with Crippen molar-refractivity contribution in [1.29, 1.82) is 0 Å². The number of aliphatic hydroxyl groups excluding tert-OH is 1. The zero-order valence-corrected chi connectivity index (χ0v) is 36.5. The van der Waals surface area contributed by atoms with Crippen molar-refractivity contribution in [2.45, 2.75) is 131 Å². The quantitative estimate of drug-likeness (QED) is 0.161. The highest BCUT2D eigenvalue weighted by atomic mass is 16.5. The first kappa shape index (κ1) is 41.8. The van der Waals surface area contributed by atoms with Crippen LogP contribution in [-0.4, -0.2) is 73.9 Å². The fourth-order valence-electron chi connectivity index (χ4n) is 14.7. The number of fused-ring (bicyclic) bond motifs is 7. The number of aliphatic hydroxyl groups is 1. The van der Waals surface area contributed by atoms with Crippen molar-refractivity contribution in [3.05, 3.63) is 65.2 Å². The van der Waals surface area contributed by atoms with Crippen LogP contribution in [0.25, 0.3) is 0 Å². The van der Waals surface area contributed by atoms with Gasteiger partial charge in [0.15, 0.2) is 0 Å². The zero-order valence-electron chi connectivity index (χ0n) is 36.5. The summed E-state index contributed by atoms with van der Waals surface area (Å²) in [7, 11) is 0. The number of anilines is 1. The minimum atomic E-state index is -0.246. The number of carbonyl (C=O) groups excluding carboxylic acids is 2. The average molecular weight is 795 g/mol. The van der Waals surface area contributed by atoms with Gasteiger partial charge in [-0.2, -0.15) is 0 Å². The fraction of sp³-hybridized carbons (Fsp3) is 0.720. The van der Waals surface area contributed by atoms with Gasteiger partial charge in [-0.05, 0) is 164 Å². The van der Waals surface area contributed by atoms with Crippen molar-refractivity contribution in [3.63, 3.8) is 0 Å². The number of ether oxygens (including phenoxy) is 1. The highest BCUT2D eigenvalue weighted by Crippen LogP contribution is 2.76. The van der Waals surface area contributed by atoms with Crippen molar-refractivity contribution < 1.29 is 19.4 Å². The van der Waals surface area contributed by atoms with E-state index < -0.39 is 0 Å². The molecular formula is C50H74N4O4. The Kier molecular flexibility index (Phi) is 11.9. The maximum absolute atomic E-state index is 14.4. The molecule has 1 heterocycles. The summed E-state index contributed by atoms with van der Waals surface area (Å²) in [6.07, 6.45) is 14.2. The maximum atomic E-state index is 14.4. The summed E-state index contributed by atoms with van der Waals surface area (Å²) in [6, 6.07) is 16.2. The van der Waals surface area contributed by atoms with Crippen LogP contribution in [-0.2, 0) is 22.5 Å². The number of nitrogens with one attached hydrogen (secondary N) is 3. The second-order valence-electron chi connectivity index (χ2n) is 21.0. The normalized spacial score (nSPS) is 36.8. The average Bonchev–Trinajstić information content (AvgIpc) is 3.67. The highest BCUT2D eigenvalue weighted by Gasteiger charge is 2.70. The second-order valence-corrected chi connectivity index (χ2v) is 21.0. The molecule has 5 saturated carbocycles. The molecule has 2 amide bonds. The first-order valence-electron chi connectivity index (χ1n) is 23.3. The summed E-state index contributed by atoms with van der Waals surface area (Å²) in [5.74, 6) is 2.52. The Hall–Kier alpha value is -2.94. The van der Waals surface area contributed by atoms with Gasteiger partial charge in [-0.3, -0.25) is 14.5 Å². The molecule has 8 nitrogen and oxygen atoms in total. The van der Waals surface area contributed by atoms with Gasteiger partial charge >= 0.3 is 0 Å². The van der Waals surface area contributed by atoms with Gasteiger partial charge in [0.25, 0.3) is 5.91 Å². The van der Waals surface area contributed by atoms with Crippen LogP contribution in [0.4, 0.5) is 5.69 Å². The summed E-state index contributed by atoms with van der Waals surface area (Å²) in [6.45, 7) is 19.4. The van der Waals surface area contributed by atoms with Gasteiger partial charge in [0.2, 0.25) is 5.91 Å². The molecule has 0 radical (unpaired) electrons. The van der Waals surface area contributed by atoms with Crippen molar-refractivity contribution in [3.8, 4) is 0 Å². The van der Waals surface area contributed by atoms with Crippen LogP contribution in [0.1, 0.15) is 133 Å². The van der Waals surface area contributed by atoms with Crippen LogP contribution < -0.4 is 16.0 Å². The number of morpholine rings is 1. The van der Waals surface area contributed by atoms with Crippen LogP contribution in [0.15, 0.2) is 48.5 Å². The summed E-state index contributed by atoms with van der Waals surface area (Å²) in [4.78, 5) is 30.1. The lowest BCUT2D eigenvalue weighted by Gasteiger charge is -2.72. The van der Waals surface area contributed by atoms with E-state index >= 15 is 0 Å². The molecule has 0 bridgehead atoms. The second kappa shape index (κ2) is 16.5. The lowest BCUT2D eigenvalue weighted by atomic mass is 9.32. The Morgan fingerprint density at radius 1 is 0.776 bits per heavy atom. The molecule has 2 aromatic carbocycles. The van der Waals surface area contributed by atoms with Gasteiger partial charge in [0.1, 0.15) is 0 Å². The van der Waals surface area contributed by atoms with Crippen LogP contribution >= 0.6 is 0 Å². The van der Waals surface area contributed by atoms with Gasteiger partial charge in [-0.15, -0.1) is 0 Å². The van der Waals surface area contributed by atoms with Gasteiger partial charge in [-0.25, -0.2) is 0 Å². The minimum absolute atomic E-state index is 0.0275. The number of hydrogen-bond acceptors (Lipinski definition) is 6. The smallest absolute Gasteiger partial charge is 0.251 e. The van der Waals surface area contributed by atoms with E-state index in [9.17, 15) is 14.7 Å². The van der Waals surface area contributed by atoms with Crippen LogP contribution in [0.3, 0.4) is 0 Å². The molecule has 6 aliphatic rings. The number of benzene rings is 2. The van der Waals surface area contributed by atoms with E-state index in [4.69, 9.17) is 4.74 Å². The molecule has 6 fully saturated rings. The van der Waals surface area contributed by atoms with Crippen LogP contribution in [0, 0.1) is 50.7 Å². The molecule has 1 saturated heterocycles. The van der Waals surface area contributed by atoms with Crippen molar-refractivity contribution >= 4 is 17.5 Å². The Balaban J connectivity index is 0.827. The number of amides is 2. The van der Waals surface area contributed by atoms with Crippen molar-refractivity contribution in [2.24, 2.45) is 50.7 Å². The number of carbonyl (C=O) groups is 2. The topological polar surface area (TPSA) is 103 Å². The van der Waals surface area contributed by atoms with Gasteiger partial charge < -0.3 is 25.8 Å². The summed E-state index contributed by atoms with van der Waals surface area (Å²) in [5, 5.41) is 21.2. The van der Waals surface area contributed by atoms with Crippen LogP contribution in [0.2, 0.25) is 0 Å². The molecule has 318 valence electrons. The van der Waals surface area contributed by atoms with Gasteiger partial charge in [0, 0.05) is 44.0 Å². The number of nitrogens with zero attached hydrogens (tertiary/aromatic N) is 1. The Morgan fingerprint density at radius 3 is 2.36 bits per heavy atom. The molecule has 8 heteroatoms. The Labute approximate surface area is 349 Å². The van der Waals surface area contributed by atoms with Gasteiger partial charge in [-0.1, -0.05) is 65.3 Å². The lowest BCUT2D eigenvalue weighted by molar-refractivity contribution is -0.244.